The molecule has 2 aromatic carbocycles. The predicted octanol–water partition coefficient (Wildman–Crippen LogP) is 1.32. The standard InChI is InChI=1S/C18H17N7O2S/c26-28(27,18-7-3-5-14-4-1-2-6-17(14)18)23-12-16(13-23)24-10-15(21-22-24)11-25-19-8-9-20-25/h1-10,16H,11-13H2. The van der Waals surface area contributed by atoms with Crippen molar-refractivity contribution in [1.29, 1.82) is 0 Å². The van der Waals surface area contributed by atoms with Crippen molar-refractivity contribution in [1.82, 2.24) is 34.3 Å². The highest BCUT2D eigenvalue weighted by molar-refractivity contribution is 7.89. The molecule has 3 heterocycles. The fourth-order valence-corrected chi connectivity index (χ4v) is 5.10. The molecule has 0 saturated carbocycles. The van der Waals surface area contributed by atoms with Crippen molar-refractivity contribution in [3.05, 3.63) is 66.7 Å². The van der Waals surface area contributed by atoms with Crippen molar-refractivity contribution in [2.24, 2.45) is 0 Å². The minimum atomic E-state index is -3.56. The topological polar surface area (TPSA) is 98.8 Å². The minimum absolute atomic E-state index is 0.0309. The Morgan fingerprint density at radius 1 is 1.00 bits per heavy atom. The van der Waals surface area contributed by atoms with Gasteiger partial charge >= 0.3 is 0 Å². The SMILES string of the molecule is O=S(=O)(c1cccc2ccccc12)N1CC(n2cc(Cn3nccn3)nn2)C1. The molecular weight excluding hydrogens is 378 g/mol. The van der Waals surface area contributed by atoms with Crippen LogP contribution in [0.5, 0.6) is 0 Å². The van der Waals surface area contributed by atoms with E-state index in [0.29, 0.717) is 24.5 Å². The van der Waals surface area contributed by atoms with Gasteiger partial charge in [0.05, 0.1) is 29.5 Å². The van der Waals surface area contributed by atoms with E-state index in [1.165, 1.54) is 9.10 Å². The molecule has 0 amide bonds. The minimum Gasteiger partial charge on any atom is -0.246 e. The van der Waals surface area contributed by atoms with E-state index in [1.54, 1.807) is 29.2 Å². The summed E-state index contributed by atoms with van der Waals surface area (Å²) in [6, 6.07) is 12.8. The molecule has 28 heavy (non-hydrogen) atoms. The number of benzene rings is 2. The van der Waals surface area contributed by atoms with Gasteiger partial charge in [0, 0.05) is 18.5 Å². The summed E-state index contributed by atoms with van der Waals surface area (Å²) < 4.78 is 29.4. The molecule has 5 rings (SSSR count). The van der Waals surface area contributed by atoms with Gasteiger partial charge in [-0.05, 0) is 11.5 Å². The summed E-state index contributed by atoms with van der Waals surface area (Å²) in [6.45, 7) is 1.17. The Hall–Kier alpha value is -3.11. The number of nitrogens with zero attached hydrogens (tertiary/aromatic N) is 7. The third-order valence-electron chi connectivity index (χ3n) is 4.90. The maximum absolute atomic E-state index is 13.1. The lowest BCUT2D eigenvalue weighted by molar-refractivity contribution is 0.189. The van der Waals surface area contributed by atoms with Gasteiger partial charge in [-0.1, -0.05) is 41.6 Å². The molecule has 1 saturated heterocycles. The molecule has 1 aliphatic rings. The van der Waals surface area contributed by atoms with Gasteiger partial charge in [0.15, 0.2) is 0 Å². The quantitative estimate of drug-likeness (QED) is 0.505. The molecule has 0 aliphatic carbocycles. The van der Waals surface area contributed by atoms with Crippen LogP contribution in [0, 0.1) is 0 Å². The fourth-order valence-electron chi connectivity index (χ4n) is 3.37. The monoisotopic (exact) mass is 395 g/mol. The second kappa shape index (κ2) is 6.50. The van der Waals surface area contributed by atoms with Crippen LogP contribution in [-0.2, 0) is 16.6 Å². The number of rotatable bonds is 5. The van der Waals surface area contributed by atoms with Crippen molar-refractivity contribution in [3.8, 4) is 0 Å². The fraction of sp³-hybridized carbons (Fsp3) is 0.222. The van der Waals surface area contributed by atoms with Crippen LogP contribution < -0.4 is 0 Å². The second-order valence-corrected chi connectivity index (χ2v) is 8.61. The third-order valence-corrected chi connectivity index (χ3v) is 6.79. The van der Waals surface area contributed by atoms with E-state index in [0.717, 1.165) is 16.5 Å². The molecule has 0 radical (unpaired) electrons. The summed E-state index contributed by atoms with van der Waals surface area (Å²) in [5, 5.41) is 18.0. The van der Waals surface area contributed by atoms with Gasteiger partial charge in [-0.2, -0.15) is 19.3 Å². The van der Waals surface area contributed by atoms with Crippen LogP contribution in [0.4, 0.5) is 0 Å². The number of aromatic nitrogens is 6. The average molecular weight is 395 g/mol. The Balaban J connectivity index is 1.33. The van der Waals surface area contributed by atoms with Gasteiger partial charge in [-0.25, -0.2) is 13.1 Å². The van der Waals surface area contributed by atoms with E-state index in [1.807, 2.05) is 36.5 Å². The van der Waals surface area contributed by atoms with Gasteiger partial charge in [-0.3, -0.25) is 0 Å². The summed E-state index contributed by atoms with van der Waals surface area (Å²) in [6.07, 6.45) is 5.02. The van der Waals surface area contributed by atoms with Crippen molar-refractivity contribution < 1.29 is 8.42 Å². The van der Waals surface area contributed by atoms with E-state index in [2.05, 4.69) is 20.5 Å². The Bertz CT molecular complexity index is 1220. The number of fused-ring (bicyclic) bond motifs is 1. The van der Waals surface area contributed by atoms with Gasteiger partial charge < -0.3 is 0 Å². The maximum atomic E-state index is 13.1. The highest BCUT2D eigenvalue weighted by Crippen LogP contribution is 2.31. The van der Waals surface area contributed by atoms with Crippen molar-refractivity contribution in [2.75, 3.05) is 13.1 Å². The Kier molecular flexibility index (Phi) is 3.95. The number of sulfonamides is 1. The van der Waals surface area contributed by atoms with Crippen molar-refractivity contribution in [2.45, 2.75) is 17.5 Å². The Morgan fingerprint density at radius 2 is 1.75 bits per heavy atom. The summed E-state index contributed by atoms with van der Waals surface area (Å²) in [7, 11) is -3.56. The highest BCUT2D eigenvalue weighted by atomic mass is 32.2. The zero-order valence-electron chi connectivity index (χ0n) is 14.8. The first-order valence-electron chi connectivity index (χ1n) is 8.84. The van der Waals surface area contributed by atoms with Crippen molar-refractivity contribution in [3.63, 3.8) is 0 Å². The third kappa shape index (κ3) is 2.86. The molecule has 2 aromatic heterocycles. The molecule has 4 aromatic rings. The molecule has 1 aliphatic heterocycles. The lowest BCUT2D eigenvalue weighted by atomic mass is 10.1. The van der Waals surface area contributed by atoms with Crippen LogP contribution in [0.1, 0.15) is 11.7 Å². The average Bonchev–Trinajstić information content (AvgIpc) is 3.32. The van der Waals surface area contributed by atoms with Crippen LogP contribution in [0.15, 0.2) is 66.0 Å². The van der Waals surface area contributed by atoms with Gasteiger partial charge in [0.2, 0.25) is 10.0 Å². The molecule has 10 heteroatoms. The first-order valence-corrected chi connectivity index (χ1v) is 10.3. The first kappa shape index (κ1) is 17.0. The first-order chi connectivity index (χ1) is 13.6. The molecule has 9 nitrogen and oxygen atoms in total. The zero-order chi connectivity index (χ0) is 19.1. The van der Waals surface area contributed by atoms with E-state index in [9.17, 15) is 8.42 Å². The molecular formula is C18H17N7O2S. The lowest BCUT2D eigenvalue weighted by Crippen LogP contribution is -2.50. The largest absolute Gasteiger partial charge is 0.246 e. The molecule has 1 fully saturated rings. The van der Waals surface area contributed by atoms with Crippen LogP contribution in [-0.4, -0.2) is 55.8 Å². The number of hydrogen-bond acceptors (Lipinski definition) is 6. The predicted molar refractivity (Wildman–Crippen MR) is 101 cm³/mol. The highest BCUT2D eigenvalue weighted by Gasteiger charge is 2.39. The van der Waals surface area contributed by atoms with E-state index in [-0.39, 0.29) is 6.04 Å². The molecule has 0 spiro atoms. The summed E-state index contributed by atoms with van der Waals surface area (Å²) in [5.74, 6) is 0. The normalized spacial score (nSPS) is 15.7. The summed E-state index contributed by atoms with van der Waals surface area (Å²) in [5.41, 5.74) is 0.728. The molecule has 142 valence electrons. The van der Waals surface area contributed by atoms with Crippen LogP contribution in [0.2, 0.25) is 0 Å². The van der Waals surface area contributed by atoms with Crippen LogP contribution in [0.25, 0.3) is 10.8 Å². The van der Waals surface area contributed by atoms with Crippen LogP contribution >= 0.6 is 0 Å². The Labute approximate surface area is 161 Å². The van der Waals surface area contributed by atoms with Gasteiger partial charge in [0.1, 0.15) is 12.2 Å². The smallest absolute Gasteiger partial charge is 0.243 e. The Morgan fingerprint density at radius 3 is 2.57 bits per heavy atom. The zero-order valence-corrected chi connectivity index (χ0v) is 15.6. The summed E-state index contributed by atoms with van der Waals surface area (Å²) >= 11 is 0. The summed E-state index contributed by atoms with van der Waals surface area (Å²) in [4.78, 5) is 1.86. The number of hydrogen-bond donors (Lipinski definition) is 0. The molecule has 0 N–H and O–H groups in total. The molecule has 0 unspecified atom stereocenters. The second-order valence-electron chi connectivity index (χ2n) is 6.70. The maximum Gasteiger partial charge on any atom is 0.243 e. The van der Waals surface area contributed by atoms with E-state index >= 15 is 0 Å². The van der Waals surface area contributed by atoms with E-state index in [4.69, 9.17) is 0 Å². The molecule has 0 atom stereocenters. The van der Waals surface area contributed by atoms with Gasteiger partial charge in [-0.15, -0.1) is 5.10 Å². The lowest BCUT2D eigenvalue weighted by Gasteiger charge is -2.37. The van der Waals surface area contributed by atoms with E-state index < -0.39 is 10.0 Å². The van der Waals surface area contributed by atoms with Crippen molar-refractivity contribution >= 4 is 20.8 Å². The molecule has 0 bridgehead atoms. The van der Waals surface area contributed by atoms with Crippen LogP contribution in [0.3, 0.4) is 0 Å². The van der Waals surface area contributed by atoms with Gasteiger partial charge in [0.25, 0.3) is 0 Å².